The summed E-state index contributed by atoms with van der Waals surface area (Å²) < 4.78 is 35.4. The van der Waals surface area contributed by atoms with Gasteiger partial charge in [0.15, 0.2) is 0 Å². The van der Waals surface area contributed by atoms with E-state index in [1.165, 1.54) is 6.08 Å². The molecule has 1 atom stereocenters. The molecule has 0 aromatic carbocycles. The van der Waals surface area contributed by atoms with Crippen LogP contribution in [0.1, 0.15) is 26.2 Å². The molecule has 0 aliphatic carbocycles. The molecule has 0 aromatic rings. The van der Waals surface area contributed by atoms with Gasteiger partial charge in [0.2, 0.25) is 0 Å². The van der Waals surface area contributed by atoms with E-state index < -0.39 is 12.6 Å². The van der Waals surface area contributed by atoms with Crippen LogP contribution in [0.2, 0.25) is 0 Å². The first kappa shape index (κ1) is 12.5. The van der Waals surface area contributed by atoms with E-state index in [1.54, 1.807) is 0 Å². The number of halogens is 3. The minimum absolute atomic E-state index is 0.0764. The van der Waals surface area contributed by atoms with Crippen molar-refractivity contribution in [3.63, 3.8) is 0 Å². The van der Waals surface area contributed by atoms with Crippen LogP contribution in [0.25, 0.3) is 0 Å². The van der Waals surface area contributed by atoms with Gasteiger partial charge in [-0.15, -0.1) is 6.58 Å². The van der Waals surface area contributed by atoms with Gasteiger partial charge in [0.1, 0.15) is 0 Å². The van der Waals surface area contributed by atoms with Gasteiger partial charge in [-0.2, -0.15) is 13.2 Å². The largest absolute Gasteiger partial charge is 0.389 e. The summed E-state index contributed by atoms with van der Waals surface area (Å²) in [4.78, 5) is 0. The predicted molar refractivity (Wildman–Crippen MR) is 47.6 cm³/mol. The normalized spacial score (nSPS) is 14.2. The Bertz CT molecular complexity index is 142. The van der Waals surface area contributed by atoms with Crippen molar-refractivity contribution in [2.75, 3.05) is 6.54 Å². The molecule has 0 fully saturated rings. The summed E-state index contributed by atoms with van der Waals surface area (Å²) in [6.45, 7) is 6.18. The Morgan fingerprint density at radius 3 is 2.46 bits per heavy atom. The maximum absolute atomic E-state index is 11.8. The number of rotatable bonds is 6. The zero-order chi connectivity index (χ0) is 10.3. The third kappa shape index (κ3) is 7.84. The minimum Gasteiger partial charge on any atom is -0.311 e. The van der Waals surface area contributed by atoms with E-state index in [-0.39, 0.29) is 12.5 Å². The van der Waals surface area contributed by atoms with E-state index in [2.05, 4.69) is 11.9 Å². The van der Waals surface area contributed by atoms with Crippen LogP contribution >= 0.6 is 0 Å². The van der Waals surface area contributed by atoms with E-state index in [9.17, 15) is 13.2 Å². The lowest BCUT2D eigenvalue weighted by Gasteiger charge is -2.14. The van der Waals surface area contributed by atoms with Gasteiger partial charge in [0, 0.05) is 12.5 Å². The molecule has 1 N–H and O–H groups in total. The molecule has 0 amide bonds. The third-order valence-electron chi connectivity index (χ3n) is 1.68. The van der Waals surface area contributed by atoms with E-state index in [0.717, 1.165) is 13.0 Å². The van der Waals surface area contributed by atoms with Crippen molar-refractivity contribution in [3.05, 3.63) is 12.7 Å². The van der Waals surface area contributed by atoms with Crippen LogP contribution in [0.3, 0.4) is 0 Å². The molecule has 78 valence electrons. The first-order chi connectivity index (χ1) is 5.99. The van der Waals surface area contributed by atoms with Gasteiger partial charge < -0.3 is 5.32 Å². The van der Waals surface area contributed by atoms with Crippen molar-refractivity contribution in [1.29, 1.82) is 0 Å². The lowest BCUT2D eigenvalue weighted by Crippen LogP contribution is -2.29. The number of alkyl halides is 3. The topological polar surface area (TPSA) is 12.0 Å². The van der Waals surface area contributed by atoms with Crippen molar-refractivity contribution in [1.82, 2.24) is 5.32 Å². The van der Waals surface area contributed by atoms with Crippen molar-refractivity contribution < 1.29 is 13.2 Å². The minimum atomic E-state index is -4.06. The summed E-state index contributed by atoms with van der Waals surface area (Å²) in [7, 11) is 0. The average Bonchev–Trinajstić information content (AvgIpc) is 2.03. The summed E-state index contributed by atoms with van der Waals surface area (Å²) in [5.74, 6) is 0. The van der Waals surface area contributed by atoms with Crippen LogP contribution in [0.15, 0.2) is 12.7 Å². The molecule has 0 heterocycles. The SMILES string of the molecule is C=CC(CCC(F)(F)F)NCCC. The molecule has 1 nitrogen and oxygen atoms in total. The first-order valence-electron chi connectivity index (χ1n) is 4.42. The summed E-state index contributed by atoms with van der Waals surface area (Å²) >= 11 is 0. The average molecular weight is 195 g/mol. The van der Waals surface area contributed by atoms with Gasteiger partial charge in [-0.3, -0.25) is 0 Å². The molecule has 1 unspecified atom stereocenters. The highest BCUT2D eigenvalue weighted by Gasteiger charge is 2.27. The Labute approximate surface area is 77.0 Å². The van der Waals surface area contributed by atoms with Crippen LogP contribution < -0.4 is 5.32 Å². The second-order valence-electron chi connectivity index (χ2n) is 2.95. The summed E-state index contributed by atoms with van der Waals surface area (Å²) in [6, 6.07) is -0.221. The molecule has 0 saturated carbocycles. The molecule has 0 aliphatic rings. The van der Waals surface area contributed by atoms with Gasteiger partial charge in [0.25, 0.3) is 0 Å². The van der Waals surface area contributed by atoms with Crippen LogP contribution in [0.4, 0.5) is 13.2 Å². The Morgan fingerprint density at radius 2 is 2.08 bits per heavy atom. The Hall–Kier alpha value is -0.510. The monoisotopic (exact) mass is 195 g/mol. The maximum Gasteiger partial charge on any atom is 0.389 e. The van der Waals surface area contributed by atoms with Gasteiger partial charge in [0.05, 0.1) is 0 Å². The van der Waals surface area contributed by atoms with Crippen molar-refractivity contribution in [3.8, 4) is 0 Å². The molecular formula is C9H16F3N. The fraction of sp³-hybridized carbons (Fsp3) is 0.778. The standard InChI is InChI=1S/C9H16F3N/c1-3-7-13-8(4-2)5-6-9(10,11)12/h4,8,13H,2-3,5-7H2,1H3. The van der Waals surface area contributed by atoms with Crippen molar-refractivity contribution in [2.45, 2.75) is 38.4 Å². The molecule has 13 heavy (non-hydrogen) atoms. The molecule has 0 radical (unpaired) electrons. The zero-order valence-corrected chi connectivity index (χ0v) is 7.82. The highest BCUT2D eigenvalue weighted by Crippen LogP contribution is 2.22. The van der Waals surface area contributed by atoms with Gasteiger partial charge >= 0.3 is 6.18 Å². The van der Waals surface area contributed by atoms with Crippen LogP contribution in [0.5, 0.6) is 0 Å². The zero-order valence-electron chi connectivity index (χ0n) is 7.82. The van der Waals surface area contributed by atoms with Gasteiger partial charge in [-0.25, -0.2) is 0 Å². The first-order valence-corrected chi connectivity index (χ1v) is 4.42. The smallest absolute Gasteiger partial charge is 0.311 e. The van der Waals surface area contributed by atoms with Gasteiger partial charge in [-0.05, 0) is 19.4 Å². The summed E-state index contributed by atoms with van der Waals surface area (Å²) in [5.41, 5.74) is 0. The molecule has 0 aromatic heterocycles. The van der Waals surface area contributed by atoms with Gasteiger partial charge in [-0.1, -0.05) is 13.0 Å². The Morgan fingerprint density at radius 1 is 1.46 bits per heavy atom. The third-order valence-corrected chi connectivity index (χ3v) is 1.68. The van der Waals surface area contributed by atoms with Crippen LogP contribution in [0, 0.1) is 0 Å². The van der Waals surface area contributed by atoms with Crippen molar-refractivity contribution >= 4 is 0 Å². The fourth-order valence-corrected chi connectivity index (χ4v) is 0.952. The quantitative estimate of drug-likeness (QED) is 0.642. The molecule has 0 aliphatic heterocycles. The molecule has 4 heteroatoms. The lowest BCUT2D eigenvalue weighted by atomic mass is 10.1. The number of hydrogen-bond donors (Lipinski definition) is 1. The highest BCUT2D eigenvalue weighted by molar-refractivity contribution is 4.85. The molecule has 0 rings (SSSR count). The molecular weight excluding hydrogens is 179 g/mol. The highest BCUT2D eigenvalue weighted by atomic mass is 19.4. The van der Waals surface area contributed by atoms with Crippen LogP contribution in [-0.4, -0.2) is 18.8 Å². The van der Waals surface area contributed by atoms with E-state index >= 15 is 0 Å². The van der Waals surface area contributed by atoms with Crippen LogP contribution in [-0.2, 0) is 0 Å². The fourth-order valence-electron chi connectivity index (χ4n) is 0.952. The number of hydrogen-bond acceptors (Lipinski definition) is 1. The Balaban J connectivity index is 3.65. The van der Waals surface area contributed by atoms with E-state index in [0.29, 0.717) is 0 Å². The van der Waals surface area contributed by atoms with E-state index in [4.69, 9.17) is 0 Å². The molecule has 0 saturated heterocycles. The van der Waals surface area contributed by atoms with Crippen molar-refractivity contribution in [2.24, 2.45) is 0 Å². The predicted octanol–water partition coefficient (Wildman–Crippen LogP) is 2.88. The summed E-state index contributed by atoms with van der Waals surface area (Å²) in [5, 5.41) is 2.97. The molecule has 0 spiro atoms. The Kier molecular flexibility index (Phi) is 5.79. The number of nitrogens with one attached hydrogen (secondary N) is 1. The summed E-state index contributed by atoms with van der Waals surface area (Å²) in [6.07, 6.45) is -2.29. The van der Waals surface area contributed by atoms with E-state index in [1.807, 2.05) is 6.92 Å². The maximum atomic E-state index is 11.8. The second kappa shape index (κ2) is 6.02. The second-order valence-corrected chi connectivity index (χ2v) is 2.95. The molecule has 0 bridgehead atoms. The lowest BCUT2D eigenvalue weighted by molar-refractivity contribution is -0.136.